The van der Waals surface area contributed by atoms with Gasteiger partial charge in [0.1, 0.15) is 0 Å². The van der Waals surface area contributed by atoms with E-state index < -0.39 is 0 Å². The summed E-state index contributed by atoms with van der Waals surface area (Å²) >= 11 is 0. The molecule has 0 radical (unpaired) electrons. The summed E-state index contributed by atoms with van der Waals surface area (Å²) in [4.78, 5) is 10.8. The highest BCUT2D eigenvalue weighted by molar-refractivity contribution is 5.77. The smallest absolute Gasteiger partial charge is 0.236 e. The fraction of sp³-hybridized carbons (Fsp3) is 0.833. The molecular formula is C6H12N2O. The number of amides is 1. The van der Waals surface area contributed by atoms with Crippen molar-refractivity contribution in [2.75, 3.05) is 13.1 Å². The molecule has 0 atom stereocenters. The number of hydrogen-bond acceptors (Lipinski definition) is 2. The number of nitrogens with one attached hydrogen (secondary N) is 1. The lowest BCUT2D eigenvalue weighted by atomic mass is 10.4. The van der Waals surface area contributed by atoms with E-state index in [1.807, 2.05) is 6.92 Å². The molecule has 1 aliphatic heterocycles. The lowest BCUT2D eigenvalue weighted by molar-refractivity contribution is -0.130. The molecule has 0 unspecified atom stereocenters. The first-order valence-corrected chi connectivity index (χ1v) is 3.38. The molecule has 0 aromatic rings. The minimum atomic E-state index is 0.233. The van der Waals surface area contributed by atoms with Crippen LogP contribution in [0.15, 0.2) is 0 Å². The molecule has 0 aliphatic carbocycles. The Kier molecular flexibility index (Phi) is 2.05. The second-order valence-corrected chi connectivity index (χ2v) is 2.16. The average Bonchev–Trinajstić information content (AvgIpc) is 2.18. The van der Waals surface area contributed by atoms with Crippen LogP contribution in [0.25, 0.3) is 0 Å². The van der Waals surface area contributed by atoms with Gasteiger partial charge in [-0.25, -0.2) is 5.43 Å². The molecule has 0 aromatic heterocycles. The number of rotatable bonds is 2. The zero-order valence-electron chi connectivity index (χ0n) is 5.68. The van der Waals surface area contributed by atoms with Crippen molar-refractivity contribution in [3.05, 3.63) is 0 Å². The topological polar surface area (TPSA) is 32.3 Å². The Morgan fingerprint density at radius 3 is 3.00 bits per heavy atom. The molecule has 0 spiro atoms. The van der Waals surface area contributed by atoms with E-state index in [2.05, 4.69) is 5.43 Å². The van der Waals surface area contributed by atoms with Crippen LogP contribution in [-0.2, 0) is 4.79 Å². The highest BCUT2D eigenvalue weighted by Crippen LogP contribution is 2.05. The van der Waals surface area contributed by atoms with Crippen molar-refractivity contribution in [1.82, 2.24) is 10.4 Å². The van der Waals surface area contributed by atoms with E-state index in [-0.39, 0.29) is 5.91 Å². The minimum absolute atomic E-state index is 0.233. The highest BCUT2D eigenvalue weighted by atomic mass is 16.2. The monoisotopic (exact) mass is 128 g/mol. The average molecular weight is 128 g/mol. The number of carbonyl (C=O) groups excluding carboxylic acids is 1. The maximum absolute atomic E-state index is 10.8. The van der Waals surface area contributed by atoms with Crippen LogP contribution in [0.5, 0.6) is 0 Å². The highest BCUT2D eigenvalue weighted by Gasteiger charge is 2.18. The van der Waals surface area contributed by atoms with Gasteiger partial charge in [0.25, 0.3) is 0 Å². The van der Waals surface area contributed by atoms with Crippen LogP contribution in [0.4, 0.5) is 0 Å². The Hall–Kier alpha value is -0.570. The van der Waals surface area contributed by atoms with Gasteiger partial charge in [-0.05, 0) is 6.42 Å². The number of nitrogens with zero attached hydrogens (tertiary/aromatic N) is 1. The van der Waals surface area contributed by atoms with Gasteiger partial charge in [0, 0.05) is 19.5 Å². The number of hydrazine groups is 1. The Labute approximate surface area is 55.0 Å². The summed E-state index contributed by atoms with van der Waals surface area (Å²) in [7, 11) is 0. The Morgan fingerprint density at radius 2 is 2.56 bits per heavy atom. The molecule has 3 nitrogen and oxygen atoms in total. The van der Waals surface area contributed by atoms with Crippen LogP contribution in [0.2, 0.25) is 0 Å². The molecule has 0 aromatic carbocycles. The first-order valence-electron chi connectivity index (χ1n) is 3.38. The number of hydrogen-bond donors (Lipinski definition) is 1. The number of carbonyl (C=O) groups is 1. The molecule has 3 heteroatoms. The van der Waals surface area contributed by atoms with Gasteiger partial charge in [0.15, 0.2) is 0 Å². The van der Waals surface area contributed by atoms with Crippen molar-refractivity contribution in [3.8, 4) is 0 Å². The summed E-state index contributed by atoms with van der Waals surface area (Å²) in [5.74, 6) is 0.233. The molecule has 52 valence electrons. The molecular weight excluding hydrogens is 116 g/mol. The summed E-state index contributed by atoms with van der Waals surface area (Å²) in [5.41, 5.74) is 2.98. The molecule has 1 saturated heterocycles. The van der Waals surface area contributed by atoms with Gasteiger partial charge in [0.2, 0.25) is 5.91 Å². The SMILES string of the molecule is CCNN1CCCC1=O. The van der Waals surface area contributed by atoms with Crippen LogP contribution in [-0.4, -0.2) is 24.0 Å². The van der Waals surface area contributed by atoms with Gasteiger partial charge in [0.05, 0.1) is 0 Å². The standard InChI is InChI=1S/C6H12N2O/c1-2-7-8-5-3-4-6(8)9/h7H,2-5H2,1H3. The van der Waals surface area contributed by atoms with Crippen molar-refractivity contribution in [1.29, 1.82) is 0 Å². The molecule has 1 amide bonds. The maximum atomic E-state index is 10.8. The lowest BCUT2D eigenvalue weighted by Gasteiger charge is -2.14. The Morgan fingerprint density at radius 1 is 1.78 bits per heavy atom. The molecule has 1 N–H and O–H groups in total. The molecule has 9 heavy (non-hydrogen) atoms. The first-order chi connectivity index (χ1) is 4.34. The van der Waals surface area contributed by atoms with E-state index >= 15 is 0 Å². The zero-order chi connectivity index (χ0) is 6.69. The van der Waals surface area contributed by atoms with Crippen LogP contribution in [0.3, 0.4) is 0 Å². The molecule has 1 rings (SSSR count). The molecule has 1 fully saturated rings. The molecule has 0 saturated carbocycles. The van der Waals surface area contributed by atoms with Gasteiger partial charge >= 0.3 is 0 Å². The van der Waals surface area contributed by atoms with E-state index in [0.29, 0.717) is 6.42 Å². The Bertz CT molecular complexity index is 114. The predicted molar refractivity (Wildman–Crippen MR) is 34.6 cm³/mol. The largest absolute Gasteiger partial charge is 0.278 e. The molecule has 1 aliphatic rings. The normalized spacial score (nSPS) is 19.2. The predicted octanol–water partition coefficient (Wildman–Crippen LogP) is 0.133. The fourth-order valence-corrected chi connectivity index (χ4v) is 1.01. The van der Waals surface area contributed by atoms with Crippen LogP contribution in [0, 0.1) is 0 Å². The van der Waals surface area contributed by atoms with Gasteiger partial charge in [-0.15, -0.1) is 0 Å². The fourth-order valence-electron chi connectivity index (χ4n) is 1.01. The van der Waals surface area contributed by atoms with Gasteiger partial charge in [-0.1, -0.05) is 6.92 Å². The van der Waals surface area contributed by atoms with Crippen LogP contribution < -0.4 is 5.43 Å². The zero-order valence-corrected chi connectivity index (χ0v) is 5.68. The lowest BCUT2D eigenvalue weighted by Crippen LogP contribution is -2.38. The third-order valence-electron chi connectivity index (χ3n) is 1.42. The van der Waals surface area contributed by atoms with E-state index in [1.165, 1.54) is 0 Å². The van der Waals surface area contributed by atoms with E-state index in [9.17, 15) is 4.79 Å². The summed E-state index contributed by atoms with van der Waals surface area (Å²) < 4.78 is 0. The molecule has 0 bridgehead atoms. The first kappa shape index (κ1) is 6.55. The second-order valence-electron chi connectivity index (χ2n) is 2.16. The van der Waals surface area contributed by atoms with Crippen molar-refractivity contribution in [2.24, 2.45) is 0 Å². The van der Waals surface area contributed by atoms with Crippen LogP contribution in [0.1, 0.15) is 19.8 Å². The second kappa shape index (κ2) is 2.82. The van der Waals surface area contributed by atoms with Gasteiger partial charge < -0.3 is 0 Å². The van der Waals surface area contributed by atoms with E-state index in [4.69, 9.17) is 0 Å². The van der Waals surface area contributed by atoms with Crippen molar-refractivity contribution >= 4 is 5.91 Å². The van der Waals surface area contributed by atoms with E-state index in [1.54, 1.807) is 5.01 Å². The Balaban J connectivity index is 2.31. The summed E-state index contributed by atoms with van der Waals surface area (Å²) in [5, 5.41) is 1.69. The maximum Gasteiger partial charge on any atom is 0.236 e. The summed E-state index contributed by atoms with van der Waals surface area (Å²) in [6, 6.07) is 0. The minimum Gasteiger partial charge on any atom is -0.278 e. The van der Waals surface area contributed by atoms with Crippen LogP contribution >= 0.6 is 0 Å². The van der Waals surface area contributed by atoms with Crippen molar-refractivity contribution in [2.45, 2.75) is 19.8 Å². The van der Waals surface area contributed by atoms with E-state index in [0.717, 1.165) is 19.5 Å². The van der Waals surface area contributed by atoms with Gasteiger partial charge in [-0.3, -0.25) is 9.80 Å². The van der Waals surface area contributed by atoms with Crippen molar-refractivity contribution < 1.29 is 4.79 Å². The quantitative estimate of drug-likeness (QED) is 0.573. The van der Waals surface area contributed by atoms with Crippen molar-refractivity contribution in [3.63, 3.8) is 0 Å². The summed E-state index contributed by atoms with van der Waals surface area (Å²) in [6.45, 7) is 3.71. The molecule has 1 heterocycles. The summed E-state index contributed by atoms with van der Waals surface area (Å²) in [6.07, 6.45) is 1.72. The van der Waals surface area contributed by atoms with Gasteiger partial charge in [-0.2, -0.15) is 0 Å². The third kappa shape index (κ3) is 1.42. The third-order valence-corrected chi connectivity index (χ3v) is 1.42.